The number of fused-ring (bicyclic) bond motifs is 1. The Hall–Kier alpha value is -3.24. The first-order valence-electron chi connectivity index (χ1n) is 10.2. The van der Waals surface area contributed by atoms with Crippen LogP contribution in [0.4, 0.5) is 10.5 Å². The summed E-state index contributed by atoms with van der Waals surface area (Å²) in [6.45, 7) is 2.07. The number of rotatable bonds is 3. The zero-order valence-corrected chi connectivity index (χ0v) is 18.3. The van der Waals surface area contributed by atoms with E-state index in [1.54, 1.807) is 12.1 Å². The second-order valence-corrected chi connectivity index (χ2v) is 8.13. The van der Waals surface area contributed by atoms with E-state index < -0.39 is 6.09 Å². The number of carbonyl (C=O) groups is 1. The minimum absolute atomic E-state index is 0.152. The molecule has 3 aromatic carbocycles. The molecule has 2 N–H and O–H groups in total. The number of methoxy groups -OCH3 is 1. The molecule has 0 spiro atoms. The van der Waals surface area contributed by atoms with Crippen LogP contribution < -0.4 is 5.32 Å². The summed E-state index contributed by atoms with van der Waals surface area (Å²) in [4.78, 5) is 11.7. The van der Waals surface area contributed by atoms with Crippen molar-refractivity contribution >= 4 is 34.5 Å². The van der Waals surface area contributed by atoms with E-state index in [1.165, 1.54) is 12.7 Å². The van der Waals surface area contributed by atoms with E-state index in [0.29, 0.717) is 10.7 Å². The summed E-state index contributed by atoms with van der Waals surface area (Å²) in [5, 5.41) is 13.1. The van der Waals surface area contributed by atoms with Gasteiger partial charge in [-0.3, -0.25) is 5.32 Å². The zero-order chi connectivity index (χ0) is 22.0. The summed E-state index contributed by atoms with van der Waals surface area (Å²) in [7, 11) is 1.35. The third-order valence-electron chi connectivity index (χ3n) is 5.60. The molecule has 1 aliphatic carbocycles. The number of phenolic OH excluding ortho intramolecular Hbond substituents is 1. The van der Waals surface area contributed by atoms with Crippen molar-refractivity contribution in [3.8, 4) is 5.75 Å². The number of allylic oxidation sites excluding steroid dienone is 1. The molecule has 0 saturated carbocycles. The molecule has 0 unspecified atom stereocenters. The maximum Gasteiger partial charge on any atom is 0.411 e. The van der Waals surface area contributed by atoms with Crippen molar-refractivity contribution in [2.45, 2.75) is 26.2 Å². The molecule has 0 aliphatic heterocycles. The maximum atomic E-state index is 11.7. The molecule has 158 valence electrons. The quantitative estimate of drug-likeness (QED) is 0.476. The second-order valence-electron chi connectivity index (χ2n) is 7.73. The van der Waals surface area contributed by atoms with Gasteiger partial charge < -0.3 is 9.84 Å². The smallest absolute Gasteiger partial charge is 0.411 e. The summed E-state index contributed by atoms with van der Waals surface area (Å²) in [5.41, 5.74) is 8.51. The average molecular weight is 434 g/mol. The minimum Gasteiger partial charge on any atom is -0.508 e. The molecule has 0 saturated heterocycles. The number of carbonyl (C=O) groups excluding carboxylic acids is 1. The lowest BCUT2D eigenvalue weighted by atomic mass is 9.87. The van der Waals surface area contributed by atoms with Gasteiger partial charge in [-0.05, 0) is 89.9 Å². The molecule has 0 fully saturated rings. The lowest BCUT2D eigenvalue weighted by molar-refractivity contribution is 0.187. The van der Waals surface area contributed by atoms with Crippen LogP contribution in [0.15, 0.2) is 60.7 Å². The first kappa shape index (κ1) is 21.0. The highest BCUT2D eigenvalue weighted by molar-refractivity contribution is 6.33. The van der Waals surface area contributed by atoms with E-state index in [9.17, 15) is 9.90 Å². The number of aryl methyl sites for hydroxylation is 2. The number of ether oxygens (including phenoxy) is 1. The van der Waals surface area contributed by atoms with Gasteiger partial charge in [-0.15, -0.1) is 0 Å². The Bertz CT molecular complexity index is 1170. The number of benzene rings is 3. The standard InChI is InChI=1S/C26H24ClNO3/c1-16-6-8-17(9-7-16)25-21-12-10-19(28-26(30)31-2)14-18(21)4-3-5-23(25)22-13-11-20(29)15-24(22)27/h6-15,29H,3-5H2,1-2H3,(H,28,30). The fourth-order valence-corrected chi connectivity index (χ4v) is 4.39. The van der Waals surface area contributed by atoms with Gasteiger partial charge in [0.05, 0.1) is 12.1 Å². The highest BCUT2D eigenvalue weighted by atomic mass is 35.5. The molecule has 0 heterocycles. The van der Waals surface area contributed by atoms with Gasteiger partial charge in [0.1, 0.15) is 5.75 Å². The van der Waals surface area contributed by atoms with Crippen LogP contribution in [0.25, 0.3) is 11.1 Å². The number of phenols is 1. The van der Waals surface area contributed by atoms with E-state index >= 15 is 0 Å². The maximum absolute atomic E-state index is 11.7. The Kier molecular flexibility index (Phi) is 6.01. The van der Waals surface area contributed by atoms with Gasteiger partial charge in [-0.2, -0.15) is 0 Å². The molecular formula is C26H24ClNO3. The van der Waals surface area contributed by atoms with E-state index in [1.807, 2.05) is 18.2 Å². The van der Waals surface area contributed by atoms with Gasteiger partial charge in [0.15, 0.2) is 0 Å². The van der Waals surface area contributed by atoms with Crippen molar-refractivity contribution in [2.24, 2.45) is 0 Å². The van der Waals surface area contributed by atoms with Gasteiger partial charge >= 0.3 is 6.09 Å². The second kappa shape index (κ2) is 8.86. The van der Waals surface area contributed by atoms with Gasteiger partial charge in [0, 0.05) is 5.69 Å². The van der Waals surface area contributed by atoms with E-state index in [-0.39, 0.29) is 5.75 Å². The molecular weight excluding hydrogens is 410 g/mol. The molecule has 0 radical (unpaired) electrons. The average Bonchev–Trinajstić information content (AvgIpc) is 2.93. The van der Waals surface area contributed by atoms with Crippen molar-refractivity contribution < 1.29 is 14.6 Å². The predicted octanol–water partition coefficient (Wildman–Crippen LogP) is 6.83. The molecule has 1 aliphatic rings. The Labute approximate surface area is 187 Å². The van der Waals surface area contributed by atoms with Crippen LogP contribution in [0.3, 0.4) is 0 Å². The fourth-order valence-electron chi connectivity index (χ4n) is 4.10. The predicted molar refractivity (Wildman–Crippen MR) is 126 cm³/mol. The van der Waals surface area contributed by atoms with Crippen molar-refractivity contribution in [1.82, 2.24) is 0 Å². The summed E-state index contributed by atoms with van der Waals surface area (Å²) in [6, 6.07) is 19.6. The van der Waals surface area contributed by atoms with Crippen LogP contribution >= 0.6 is 11.6 Å². The number of amides is 1. The lowest BCUT2D eigenvalue weighted by Crippen LogP contribution is -2.11. The van der Waals surface area contributed by atoms with Crippen LogP contribution in [-0.2, 0) is 11.2 Å². The molecule has 1 amide bonds. The van der Waals surface area contributed by atoms with Crippen LogP contribution in [0.2, 0.25) is 5.02 Å². The zero-order valence-electron chi connectivity index (χ0n) is 17.5. The molecule has 3 aromatic rings. The molecule has 4 rings (SSSR count). The number of hydrogen-bond donors (Lipinski definition) is 2. The Morgan fingerprint density at radius 2 is 1.74 bits per heavy atom. The highest BCUT2D eigenvalue weighted by Gasteiger charge is 2.22. The lowest BCUT2D eigenvalue weighted by Gasteiger charge is -2.18. The van der Waals surface area contributed by atoms with Crippen LogP contribution in [0.1, 0.15) is 40.7 Å². The van der Waals surface area contributed by atoms with Crippen LogP contribution in [0, 0.1) is 6.92 Å². The van der Waals surface area contributed by atoms with Gasteiger partial charge in [-0.1, -0.05) is 47.5 Å². The summed E-state index contributed by atoms with van der Waals surface area (Å²) in [5.74, 6) is 0.152. The third-order valence-corrected chi connectivity index (χ3v) is 5.91. The van der Waals surface area contributed by atoms with E-state index in [0.717, 1.165) is 52.7 Å². The van der Waals surface area contributed by atoms with Crippen LogP contribution in [0.5, 0.6) is 5.75 Å². The summed E-state index contributed by atoms with van der Waals surface area (Å²) < 4.78 is 4.73. The molecule has 5 heteroatoms. The monoisotopic (exact) mass is 433 g/mol. The molecule has 0 bridgehead atoms. The number of nitrogens with one attached hydrogen (secondary N) is 1. The fraction of sp³-hybridized carbons (Fsp3) is 0.192. The number of hydrogen-bond acceptors (Lipinski definition) is 3. The topological polar surface area (TPSA) is 58.6 Å². The van der Waals surface area contributed by atoms with Gasteiger partial charge in [0.2, 0.25) is 0 Å². The summed E-state index contributed by atoms with van der Waals surface area (Å²) >= 11 is 6.56. The van der Waals surface area contributed by atoms with Gasteiger partial charge in [-0.25, -0.2) is 4.79 Å². The Balaban J connectivity index is 1.93. The normalized spacial score (nSPS) is 13.4. The van der Waals surface area contributed by atoms with Crippen molar-refractivity contribution in [1.29, 1.82) is 0 Å². The molecule has 0 aromatic heterocycles. The van der Waals surface area contributed by atoms with Crippen LogP contribution in [-0.4, -0.2) is 18.3 Å². The van der Waals surface area contributed by atoms with Crippen molar-refractivity contribution in [2.75, 3.05) is 12.4 Å². The number of aromatic hydroxyl groups is 1. The highest BCUT2D eigenvalue weighted by Crippen LogP contribution is 2.42. The molecule has 4 nitrogen and oxygen atoms in total. The van der Waals surface area contributed by atoms with E-state index in [4.69, 9.17) is 16.3 Å². The Morgan fingerprint density at radius 1 is 1.00 bits per heavy atom. The van der Waals surface area contributed by atoms with E-state index in [2.05, 4.69) is 42.6 Å². The van der Waals surface area contributed by atoms with Crippen molar-refractivity contribution in [3.05, 3.63) is 93.5 Å². The molecule has 31 heavy (non-hydrogen) atoms. The van der Waals surface area contributed by atoms with Crippen molar-refractivity contribution in [3.63, 3.8) is 0 Å². The SMILES string of the molecule is COC(=O)Nc1ccc2c(c1)CCCC(c1ccc(O)cc1Cl)=C2c1ccc(C)cc1. The number of halogens is 1. The number of anilines is 1. The first-order valence-corrected chi connectivity index (χ1v) is 10.6. The minimum atomic E-state index is -0.487. The Morgan fingerprint density at radius 3 is 2.45 bits per heavy atom. The molecule has 0 atom stereocenters. The first-order chi connectivity index (χ1) is 15.0. The largest absolute Gasteiger partial charge is 0.508 e. The summed E-state index contributed by atoms with van der Waals surface area (Å²) in [6.07, 6.45) is 2.18. The van der Waals surface area contributed by atoms with Gasteiger partial charge in [0.25, 0.3) is 0 Å². The third kappa shape index (κ3) is 4.44.